The van der Waals surface area contributed by atoms with Crippen LogP contribution in [0.25, 0.3) is 0 Å². The highest BCUT2D eigenvalue weighted by molar-refractivity contribution is 5.43. The van der Waals surface area contributed by atoms with Gasteiger partial charge in [0.15, 0.2) is 0 Å². The highest BCUT2D eigenvalue weighted by Gasteiger charge is 2.27. The standard InChI is InChI=1S/C8H8F2N2O3/c1-4-3-5(15-2)11-8(12(13)14)6(4)7(9)10/h3,7H,1-2H3. The number of rotatable bonds is 3. The van der Waals surface area contributed by atoms with Crippen LogP contribution >= 0.6 is 0 Å². The first-order valence-corrected chi connectivity index (χ1v) is 3.95. The molecule has 0 N–H and O–H groups in total. The van der Waals surface area contributed by atoms with Gasteiger partial charge >= 0.3 is 11.7 Å². The number of alkyl halides is 2. The predicted octanol–water partition coefficient (Wildman–Crippen LogP) is 2.24. The summed E-state index contributed by atoms with van der Waals surface area (Å²) < 4.78 is 29.7. The predicted molar refractivity (Wildman–Crippen MR) is 47.1 cm³/mol. The Morgan fingerprint density at radius 2 is 2.20 bits per heavy atom. The molecule has 0 atom stereocenters. The molecule has 0 saturated heterocycles. The molecule has 82 valence electrons. The van der Waals surface area contributed by atoms with Crippen LogP contribution in [0.15, 0.2) is 6.07 Å². The molecule has 0 radical (unpaired) electrons. The van der Waals surface area contributed by atoms with E-state index < -0.39 is 22.7 Å². The van der Waals surface area contributed by atoms with Crippen molar-refractivity contribution in [3.8, 4) is 5.88 Å². The second kappa shape index (κ2) is 4.16. The minimum Gasteiger partial charge on any atom is -0.463 e. The van der Waals surface area contributed by atoms with Crippen LogP contribution in [0.4, 0.5) is 14.6 Å². The zero-order valence-electron chi connectivity index (χ0n) is 8.03. The lowest BCUT2D eigenvalue weighted by atomic mass is 10.1. The summed E-state index contributed by atoms with van der Waals surface area (Å²) in [6.45, 7) is 1.35. The molecule has 0 spiro atoms. The van der Waals surface area contributed by atoms with Crippen molar-refractivity contribution < 1.29 is 18.4 Å². The summed E-state index contributed by atoms with van der Waals surface area (Å²) in [5, 5.41) is 10.5. The number of nitro groups is 1. The van der Waals surface area contributed by atoms with Crippen LogP contribution in [0.2, 0.25) is 0 Å². The van der Waals surface area contributed by atoms with Gasteiger partial charge in [0.05, 0.1) is 7.11 Å². The van der Waals surface area contributed by atoms with Gasteiger partial charge in [-0.05, 0) is 17.4 Å². The summed E-state index contributed by atoms with van der Waals surface area (Å²) in [4.78, 5) is 12.9. The van der Waals surface area contributed by atoms with Crippen molar-refractivity contribution in [1.29, 1.82) is 0 Å². The number of methoxy groups -OCH3 is 1. The Hall–Kier alpha value is -1.79. The van der Waals surface area contributed by atoms with E-state index in [1.54, 1.807) is 0 Å². The molecule has 0 aliphatic heterocycles. The summed E-state index contributed by atoms with van der Waals surface area (Å²) in [5.74, 6) is -0.912. The van der Waals surface area contributed by atoms with Gasteiger partial charge in [-0.3, -0.25) is 0 Å². The highest BCUT2D eigenvalue weighted by atomic mass is 19.3. The number of nitrogens with zero attached hydrogens (tertiary/aromatic N) is 2. The monoisotopic (exact) mass is 218 g/mol. The fourth-order valence-corrected chi connectivity index (χ4v) is 1.15. The van der Waals surface area contributed by atoms with Crippen LogP contribution in [-0.4, -0.2) is 17.0 Å². The molecule has 0 aliphatic rings. The quantitative estimate of drug-likeness (QED) is 0.576. The van der Waals surface area contributed by atoms with Gasteiger partial charge in [-0.2, -0.15) is 0 Å². The van der Waals surface area contributed by atoms with Crippen LogP contribution in [0, 0.1) is 17.0 Å². The number of aromatic nitrogens is 1. The molecule has 1 rings (SSSR count). The van der Waals surface area contributed by atoms with Gasteiger partial charge < -0.3 is 14.9 Å². The molecule has 0 saturated carbocycles. The van der Waals surface area contributed by atoms with Crippen LogP contribution in [0.5, 0.6) is 5.88 Å². The smallest absolute Gasteiger partial charge is 0.376 e. The lowest BCUT2D eigenvalue weighted by Gasteiger charge is -2.05. The minimum atomic E-state index is -2.93. The first kappa shape index (κ1) is 11.3. The Morgan fingerprint density at radius 3 is 2.60 bits per heavy atom. The third-order valence-corrected chi connectivity index (χ3v) is 1.82. The van der Waals surface area contributed by atoms with Gasteiger partial charge in [0, 0.05) is 11.1 Å². The molecule has 0 fully saturated rings. The van der Waals surface area contributed by atoms with E-state index in [9.17, 15) is 18.9 Å². The highest BCUT2D eigenvalue weighted by Crippen LogP contribution is 2.32. The molecular formula is C8H8F2N2O3. The van der Waals surface area contributed by atoms with Crippen LogP contribution < -0.4 is 4.74 Å². The zero-order chi connectivity index (χ0) is 11.6. The van der Waals surface area contributed by atoms with E-state index in [-0.39, 0.29) is 11.4 Å². The van der Waals surface area contributed by atoms with Crippen molar-refractivity contribution in [3.05, 3.63) is 27.3 Å². The van der Waals surface area contributed by atoms with Gasteiger partial charge in [0.2, 0.25) is 0 Å². The van der Waals surface area contributed by atoms with E-state index in [1.807, 2.05) is 0 Å². The molecule has 0 bridgehead atoms. The lowest BCUT2D eigenvalue weighted by Crippen LogP contribution is -2.03. The van der Waals surface area contributed by atoms with Gasteiger partial charge in [-0.1, -0.05) is 0 Å². The fraction of sp³-hybridized carbons (Fsp3) is 0.375. The van der Waals surface area contributed by atoms with Crippen molar-refractivity contribution in [1.82, 2.24) is 4.98 Å². The van der Waals surface area contributed by atoms with Crippen molar-refractivity contribution in [2.45, 2.75) is 13.3 Å². The maximum atomic E-state index is 12.5. The fourth-order valence-electron chi connectivity index (χ4n) is 1.15. The molecule has 0 aromatic carbocycles. The number of hydrogen-bond acceptors (Lipinski definition) is 4. The van der Waals surface area contributed by atoms with Gasteiger partial charge in [0.1, 0.15) is 5.56 Å². The van der Waals surface area contributed by atoms with Gasteiger partial charge in [0.25, 0.3) is 6.43 Å². The summed E-state index contributed by atoms with van der Waals surface area (Å²) in [5.41, 5.74) is -0.579. The molecule has 5 nitrogen and oxygen atoms in total. The Kier molecular flexibility index (Phi) is 3.13. The molecule has 1 aromatic rings. The Bertz CT molecular complexity index is 396. The third kappa shape index (κ3) is 2.17. The minimum absolute atomic E-state index is 0.0522. The largest absolute Gasteiger partial charge is 0.463 e. The van der Waals surface area contributed by atoms with E-state index in [0.717, 1.165) is 0 Å². The Morgan fingerprint density at radius 1 is 1.60 bits per heavy atom. The van der Waals surface area contributed by atoms with Crippen LogP contribution in [-0.2, 0) is 0 Å². The molecule has 1 heterocycles. The molecule has 15 heavy (non-hydrogen) atoms. The average molecular weight is 218 g/mol. The second-order valence-electron chi connectivity index (χ2n) is 2.78. The first-order chi connectivity index (χ1) is 6.97. The van der Waals surface area contributed by atoms with Crippen LogP contribution in [0.1, 0.15) is 17.6 Å². The SMILES string of the molecule is COc1cc(C)c(C(F)F)c([N+](=O)[O-])n1. The van der Waals surface area contributed by atoms with Gasteiger partial charge in [-0.25, -0.2) is 8.78 Å². The molecular weight excluding hydrogens is 210 g/mol. The number of halogens is 2. The topological polar surface area (TPSA) is 65.3 Å². The van der Waals surface area contributed by atoms with E-state index >= 15 is 0 Å². The molecule has 0 unspecified atom stereocenters. The summed E-state index contributed by atoms with van der Waals surface area (Å²) in [6.07, 6.45) is -2.93. The van der Waals surface area contributed by atoms with Crippen molar-refractivity contribution in [2.75, 3.05) is 7.11 Å². The van der Waals surface area contributed by atoms with Crippen molar-refractivity contribution >= 4 is 5.82 Å². The maximum absolute atomic E-state index is 12.5. The molecule has 0 amide bonds. The normalized spacial score (nSPS) is 10.5. The summed E-state index contributed by atoms with van der Waals surface area (Å²) in [7, 11) is 1.26. The zero-order valence-corrected chi connectivity index (χ0v) is 8.03. The third-order valence-electron chi connectivity index (χ3n) is 1.82. The number of ether oxygens (including phenoxy) is 1. The molecule has 7 heteroatoms. The molecule has 0 aliphatic carbocycles. The van der Waals surface area contributed by atoms with E-state index in [2.05, 4.69) is 9.72 Å². The first-order valence-electron chi connectivity index (χ1n) is 3.95. The Balaban J connectivity index is 3.42. The van der Waals surface area contributed by atoms with Gasteiger partial charge in [-0.15, -0.1) is 0 Å². The van der Waals surface area contributed by atoms with E-state index in [0.29, 0.717) is 0 Å². The molecule has 1 aromatic heterocycles. The maximum Gasteiger partial charge on any atom is 0.376 e. The van der Waals surface area contributed by atoms with Crippen molar-refractivity contribution in [3.63, 3.8) is 0 Å². The Labute approximate surface area is 83.8 Å². The van der Waals surface area contributed by atoms with Crippen LogP contribution in [0.3, 0.4) is 0 Å². The lowest BCUT2D eigenvalue weighted by molar-refractivity contribution is -0.391. The van der Waals surface area contributed by atoms with E-state index in [1.165, 1.54) is 20.1 Å². The van der Waals surface area contributed by atoms with E-state index in [4.69, 9.17) is 0 Å². The summed E-state index contributed by atoms with van der Waals surface area (Å²) in [6, 6.07) is 1.23. The number of aryl methyl sites for hydroxylation is 1. The van der Waals surface area contributed by atoms with Crippen molar-refractivity contribution in [2.24, 2.45) is 0 Å². The second-order valence-corrected chi connectivity index (χ2v) is 2.78. The average Bonchev–Trinajstić information content (AvgIpc) is 2.15. The number of pyridine rings is 1. The summed E-state index contributed by atoms with van der Waals surface area (Å²) >= 11 is 0. The number of hydrogen-bond donors (Lipinski definition) is 0.